The van der Waals surface area contributed by atoms with Crippen LogP contribution in [0.3, 0.4) is 0 Å². The van der Waals surface area contributed by atoms with Crippen LogP contribution in [-0.2, 0) is 9.53 Å². The number of anilines is 3. The fourth-order valence-electron chi connectivity index (χ4n) is 3.94. The summed E-state index contributed by atoms with van der Waals surface area (Å²) >= 11 is 0. The summed E-state index contributed by atoms with van der Waals surface area (Å²) in [4.78, 5) is 28.2. The Balaban J connectivity index is 1.31. The first kappa shape index (κ1) is 25.9. The number of hydrogen-bond acceptors (Lipinski definition) is 9. The van der Waals surface area contributed by atoms with Gasteiger partial charge in [-0.2, -0.15) is 0 Å². The highest BCUT2D eigenvalue weighted by atomic mass is 19.2. The summed E-state index contributed by atoms with van der Waals surface area (Å²) in [6.07, 6.45) is 3.02. The number of carbonyl (C=O) groups excluding carboxylic acids is 1. The van der Waals surface area contributed by atoms with Crippen molar-refractivity contribution in [1.29, 1.82) is 0 Å². The van der Waals surface area contributed by atoms with E-state index in [2.05, 4.69) is 25.8 Å². The van der Waals surface area contributed by atoms with E-state index in [1.54, 1.807) is 0 Å². The number of aromatic nitrogens is 3. The smallest absolute Gasteiger partial charge is 0.320 e. The van der Waals surface area contributed by atoms with Gasteiger partial charge in [0.05, 0.1) is 29.6 Å². The topological polar surface area (TPSA) is 149 Å². The van der Waals surface area contributed by atoms with E-state index in [1.165, 1.54) is 25.4 Å². The highest BCUT2D eigenvalue weighted by Crippen LogP contribution is 2.38. The summed E-state index contributed by atoms with van der Waals surface area (Å²) in [7, 11) is 1.48. The summed E-state index contributed by atoms with van der Waals surface area (Å²) in [6, 6.07) is 3.57. The summed E-state index contributed by atoms with van der Waals surface area (Å²) in [5.41, 5.74) is -1.09. The zero-order chi connectivity index (χ0) is 26.6. The van der Waals surface area contributed by atoms with Crippen LogP contribution >= 0.6 is 0 Å². The number of nitrogens with one attached hydrogen (secondary N) is 2. The van der Waals surface area contributed by atoms with Crippen LogP contribution in [0.2, 0.25) is 0 Å². The highest BCUT2D eigenvalue weighted by molar-refractivity contribution is 6.00. The van der Waals surface area contributed by atoms with Crippen LogP contribution in [0.25, 0.3) is 0 Å². The number of aliphatic carboxylic acids is 1. The summed E-state index contributed by atoms with van der Waals surface area (Å²) < 4.78 is 56.2. The van der Waals surface area contributed by atoms with Crippen LogP contribution in [-0.4, -0.2) is 52.0 Å². The summed E-state index contributed by atoms with van der Waals surface area (Å²) in [6.45, 7) is 0.140. The van der Waals surface area contributed by atoms with E-state index in [-0.39, 0.29) is 18.4 Å². The van der Waals surface area contributed by atoms with Gasteiger partial charge in [-0.15, -0.1) is 5.10 Å². The first-order chi connectivity index (χ1) is 17.7. The molecule has 2 aromatic heterocycles. The molecular weight excluding hydrogens is 499 g/mol. The lowest BCUT2D eigenvalue weighted by molar-refractivity contribution is -0.156. The monoisotopic (exact) mass is 521 g/mol. The number of halogens is 3. The number of nitrogens with zero attached hydrogens (tertiary/aromatic N) is 3. The zero-order valence-electron chi connectivity index (χ0n) is 19.5. The van der Waals surface area contributed by atoms with Crippen LogP contribution < -0.4 is 15.4 Å². The third-order valence-electron chi connectivity index (χ3n) is 5.92. The average molecular weight is 521 g/mol. The molecular formula is C23H22F3N5O6. The van der Waals surface area contributed by atoms with Crippen molar-refractivity contribution >= 4 is 29.3 Å². The van der Waals surface area contributed by atoms with Gasteiger partial charge in [-0.05, 0) is 31.7 Å². The van der Waals surface area contributed by atoms with E-state index in [0.29, 0.717) is 43.7 Å². The maximum atomic E-state index is 13.8. The molecule has 1 aromatic carbocycles. The fourth-order valence-corrected chi connectivity index (χ4v) is 3.94. The standard InChI is InChI=1S/C23H22F3N5O6/c1-35-11-23(21(33)34)6-4-13(5-7-23)36-18-3-2-12(10-27-18)28-19(32)20-30-31-22(37-20)29-17-9-15(25)14(24)8-16(17)26/h2-3,8-10,13H,4-7,11H2,1H3,(H,28,32)(H,29,31)(H,33,34)/t13-,23-. The molecule has 1 aliphatic rings. The molecule has 3 N–H and O–H groups in total. The second kappa shape index (κ2) is 10.8. The van der Waals surface area contributed by atoms with Crippen molar-refractivity contribution in [2.24, 2.45) is 5.41 Å². The van der Waals surface area contributed by atoms with Crippen molar-refractivity contribution in [2.75, 3.05) is 24.4 Å². The summed E-state index contributed by atoms with van der Waals surface area (Å²) in [5, 5.41) is 21.4. The number of carboxylic acids is 1. The van der Waals surface area contributed by atoms with Gasteiger partial charge in [0, 0.05) is 25.3 Å². The maximum absolute atomic E-state index is 13.8. The fraction of sp³-hybridized carbons (Fsp3) is 0.348. The number of benzene rings is 1. The number of pyridine rings is 1. The molecule has 1 amide bonds. The van der Waals surface area contributed by atoms with Crippen molar-refractivity contribution in [3.05, 3.63) is 53.8 Å². The Morgan fingerprint density at radius 1 is 1.14 bits per heavy atom. The van der Waals surface area contributed by atoms with Crippen LogP contribution in [0.4, 0.5) is 30.6 Å². The number of carboxylic acid groups (broad SMARTS) is 1. The minimum Gasteiger partial charge on any atom is -0.481 e. The Morgan fingerprint density at radius 2 is 1.86 bits per heavy atom. The molecule has 196 valence electrons. The molecule has 1 saturated carbocycles. The van der Waals surface area contributed by atoms with Gasteiger partial charge in [0.25, 0.3) is 0 Å². The van der Waals surface area contributed by atoms with E-state index in [0.717, 1.165) is 0 Å². The molecule has 0 aliphatic heterocycles. The Bertz CT molecular complexity index is 1280. The second-order valence-corrected chi connectivity index (χ2v) is 8.46. The Kier molecular flexibility index (Phi) is 7.57. The van der Waals surface area contributed by atoms with Gasteiger partial charge in [0.15, 0.2) is 11.6 Å². The van der Waals surface area contributed by atoms with Crippen LogP contribution in [0.5, 0.6) is 5.88 Å². The molecule has 0 saturated heterocycles. The normalized spacial score (nSPS) is 19.3. The number of hydrogen-bond donors (Lipinski definition) is 3. The number of ether oxygens (including phenoxy) is 2. The molecule has 0 atom stereocenters. The van der Waals surface area contributed by atoms with E-state index < -0.39 is 52.3 Å². The largest absolute Gasteiger partial charge is 0.481 e. The van der Waals surface area contributed by atoms with Crippen molar-refractivity contribution in [3.63, 3.8) is 0 Å². The Hall–Kier alpha value is -4.20. The van der Waals surface area contributed by atoms with Crippen LogP contribution in [0.15, 0.2) is 34.9 Å². The van der Waals surface area contributed by atoms with Gasteiger partial charge in [-0.3, -0.25) is 9.59 Å². The quantitative estimate of drug-likeness (QED) is 0.354. The molecule has 14 heteroatoms. The van der Waals surface area contributed by atoms with Crippen molar-refractivity contribution in [2.45, 2.75) is 31.8 Å². The van der Waals surface area contributed by atoms with Gasteiger partial charge in [-0.25, -0.2) is 18.2 Å². The third kappa shape index (κ3) is 5.97. The minimum absolute atomic E-state index is 0.140. The molecule has 1 aliphatic carbocycles. The van der Waals surface area contributed by atoms with E-state index in [1.807, 2.05) is 0 Å². The molecule has 0 bridgehead atoms. The molecule has 1 fully saturated rings. The molecule has 11 nitrogen and oxygen atoms in total. The molecule has 4 rings (SSSR count). The lowest BCUT2D eigenvalue weighted by Gasteiger charge is -2.36. The lowest BCUT2D eigenvalue weighted by atomic mass is 9.73. The Morgan fingerprint density at radius 3 is 2.51 bits per heavy atom. The van der Waals surface area contributed by atoms with Crippen molar-refractivity contribution in [1.82, 2.24) is 15.2 Å². The van der Waals surface area contributed by atoms with E-state index in [4.69, 9.17) is 13.9 Å². The number of carbonyl (C=O) groups is 2. The van der Waals surface area contributed by atoms with Crippen LogP contribution in [0.1, 0.15) is 36.4 Å². The highest BCUT2D eigenvalue weighted by Gasteiger charge is 2.42. The predicted molar refractivity (Wildman–Crippen MR) is 121 cm³/mol. The van der Waals surface area contributed by atoms with Crippen molar-refractivity contribution in [3.8, 4) is 5.88 Å². The van der Waals surface area contributed by atoms with Gasteiger partial charge >= 0.3 is 23.8 Å². The molecule has 0 unspecified atom stereocenters. The van der Waals surface area contributed by atoms with E-state index in [9.17, 15) is 27.9 Å². The third-order valence-corrected chi connectivity index (χ3v) is 5.92. The molecule has 3 aromatic rings. The van der Waals surface area contributed by atoms with E-state index >= 15 is 0 Å². The summed E-state index contributed by atoms with van der Waals surface area (Å²) in [5.74, 6) is -5.60. The van der Waals surface area contributed by atoms with Crippen LogP contribution in [0, 0.1) is 22.9 Å². The SMILES string of the molecule is COC[C@]1(C(=O)O)CC[C@H](Oc2ccc(NC(=O)c3nnc(Nc4cc(F)c(F)cc4F)o3)cn2)CC1. The minimum atomic E-state index is -1.36. The molecule has 0 spiro atoms. The first-order valence-electron chi connectivity index (χ1n) is 11.1. The number of methoxy groups -OCH3 is 1. The maximum Gasteiger partial charge on any atom is 0.320 e. The molecule has 2 heterocycles. The first-order valence-corrected chi connectivity index (χ1v) is 11.1. The number of amides is 1. The number of rotatable bonds is 9. The predicted octanol–water partition coefficient (Wildman–Crippen LogP) is 3.92. The second-order valence-electron chi connectivity index (χ2n) is 8.46. The van der Waals surface area contributed by atoms with Gasteiger partial charge in [-0.1, -0.05) is 5.10 Å². The molecule has 0 radical (unpaired) electrons. The van der Waals surface area contributed by atoms with Gasteiger partial charge < -0.3 is 29.6 Å². The van der Waals surface area contributed by atoms with Crippen molar-refractivity contribution < 1.29 is 41.8 Å². The lowest BCUT2D eigenvalue weighted by Crippen LogP contribution is -2.41. The molecule has 37 heavy (non-hydrogen) atoms. The van der Waals surface area contributed by atoms with Gasteiger partial charge in [0.1, 0.15) is 11.9 Å². The Labute approximate surface area is 208 Å². The average Bonchev–Trinajstić information content (AvgIpc) is 3.34. The van der Waals surface area contributed by atoms with Gasteiger partial charge in [0.2, 0.25) is 5.88 Å². The zero-order valence-corrected chi connectivity index (χ0v) is 19.5.